The smallest absolute Gasteiger partial charge is 0.309 e. The van der Waals surface area contributed by atoms with Crippen molar-refractivity contribution in [1.29, 1.82) is 0 Å². The topological polar surface area (TPSA) is 109 Å². The number of aliphatic carboxylic acids is 2. The van der Waals surface area contributed by atoms with Gasteiger partial charge < -0.3 is 10.2 Å². The summed E-state index contributed by atoms with van der Waals surface area (Å²) in [5.74, 6) is -1.44. The molecule has 0 amide bonds. The van der Waals surface area contributed by atoms with Crippen LogP contribution in [0.5, 0.6) is 0 Å². The first-order chi connectivity index (χ1) is 11.5. The van der Waals surface area contributed by atoms with Crippen molar-refractivity contribution in [1.82, 2.24) is 0 Å². The summed E-state index contributed by atoms with van der Waals surface area (Å²) in [5, 5.41) is 17.3. The van der Waals surface area contributed by atoms with E-state index in [1.807, 2.05) is 27.7 Å². The molecule has 0 radical (unpaired) electrons. The maximum Gasteiger partial charge on any atom is 0.309 e. The van der Waals surface area contributed by atoms with Gasteiger partial charge in [0.2, 0.25) is 0 Å². The Morgan fingerprint density at radius 1 is 0.731 bits per heavy atom. The van der Waals surface area contributed by atoms with Crippen LogP contribution in [-0.4, -0.2) is 33.7 Å². The van der Waals surface area contributed by atoms with Crippen molar-refractivity contribution in [3.63, 3.8) is 0 Å². The normalized spacial score (nSPS) is 11.8. The Labute approximate surface area is 157 Å². The Bertz CT molecular complexity index is 500. The van der Waals surface area contributed by atoms with Crippen LogP contribution in [0.1, 0.15) is 81.1 Å². The first-order valence-corrected chi connectivity index (χ1v) is 9.06. The van der Waals surface area contributed by atoms with Crippen LogP contribution in [0.15, 0.2) is 0 Å². The lowest BCUT2D eigenvalue weighted by Gasteiger charge is -2.24. The summed E-state index contributed by atoms with van der Waals surface area (Å²) in [4.78, 5) is 43.8. The van der Waals surface area contributed by atoms with Crippen molar-refractivity contribution in [2.75, 3.05) is 0 Å². The highest BCUT2D eigenvalue weighted by molar-refractivity contribution is 5.86. The molecule has 152 valence electrons. The summed E-state index contributed by atoms with van der Waals surface area (Å²) in [7, 11) is 0. The van der Waals surface area contributed by atoms with Gasteiger partial charge in [0.25, 0.3) is 0 Å². The summed E-state index contributed by atoms with van der Waals surface area (Å²) >= 11 is 0. The van der Waals surface area contributed by atoms with E-state index in [2.05, 4.69) is 0 Å². The zero-order valence-electron chi connectivity index (χ0n) is 17.5. The molecule has 0 aromatic carbocycles. The molecule has 0 aliphatic heterocycles. The second-order valence-corrected chi connectivity index (χ2v) is 8.61. The third-order valence-electron chi connectivity index (χ3n) is 4.37. The second kappa shape index (κ2) is 11.1. The second-order valence-electron chi connectivity index (χ2n) is 8.61. The van der Waals surface area contributed by atoms with E-state index in [-0.39, 0.29) is 29.8 Å². The molecule has 0 aromatic heterocycles. The lowest BCUT2D eigenvalue weighted by Crippen LogP contribution is -2.29. The third-order valence-corrected chi connectivity index (χ3v) is 4.37. The van der Waals surface area contributed by atoms with Crippen LogP contribution >= 0.6 is 0 Å². The predicted molar refractivity (Wildman–Crippen MR) is 101 cm³/mol. The lowest BCUT2D eigenvalue weighted by molar-refractivity contribution is -0.147. The summed E-state index contributed by atoms with van der Waals surface area (Å²) < 4.78 is 0. The van der Waals surface area contributed by atoms with E-state index >= 15 is 0 Å². The van der Waals surface area contributed by atoms with Crippen LogP contribution in [0.4, 0.5) is 0 Å². The van der Waals surface area contributed by atoms with Gasteiger partial charge in [-0.05, 0) is 26.7 Å². The number of hydrogen-bond acceptors (Lipinski definition) is 4. The number of hydrogen-bond donors (Lipinski definition) is 2. The van der Waals surface area contributed by atoms with E-state index in [0.29, 0.717) is 19.3 Å². The Hall–Kier alpha value is -1.72. The lowest BCUT2D eigenvalue weighted by atomic mass is 9.79. The highest BCUT2D eigenvalue weighted by Crippen LogP contribution is 2.27. The molecule has 0 spiro atoms. The summed E-state index contributed by atoms with van der Waals surface area (Å²) in [6, 6.07) is 0. The number of carbonyl (C=O) groups is 4. The van der Waals surface area contributed by atoms with Crippen molar-refractivity contribution >= 4 is 23.5 Å². The Kier molecular flexibility index (Phi) is 11.3. The quantitative estimate of drug-likeness (QED) is 0.595. The number of carbonyl (C=O) groups excluding carboxylic acids is 2. The molecule has 6 nitrogen and oxygen atoms in total. The minimum Gasteiger partial charge on any atom is -0.481 e. The number of rotatable bonds is 10. The highest BCUT2D eigenvalue weighted by atomic mass is 16.4. The molecule has 0 aliphatic carbocycles. The zero-order chi connectivity index (χ0) is 21.3. The molecule has 0 saturated carbocycles. The summed E-state index contributed by atoms with van der Waals surface area (Å²) in [6.07, 6.45) is 1.25. The number of ketones is 2. The first-order valence-electron chi connectivity index (χ1n) is 9.06. The van der Waals surface area contributed by atoms with Crippen LogP contribution in [0.25, 0.3) is 0 Å². The number of Topliss-reactive ketones (excluding diaryl/α,β-unsaturated/α-hetero) is 2. The van der Waals surface area contributed by atoms with Gasteiger partial charge in [-0.15, -0.1) is 0 Å². The Morgan fingerprint density at radius 3 is 1.46 bits per heavy atom. The molecule has 6 heteroatoms. The average Bonchev–Trinajstić information content (AvgIpc) is 2.50. The summed E-state index contributed by atoms with van der Waals surface area (Å²) in [6.45, 7) is 14.2. The largest absolute Gasteiger partial charge is 0.481 e. The molecule has 0 fully saturated rings. The molecule has 0 aromatic rings. The van der Waals surface area contributed by atoms with Gasteiger partial charge in [-0.25, -0.2) is 0 Å². The fourth-order valence-corrected chi connectivity index (χ4v) is 2.16. The predicted octanol–water partition coefficient (Wildman–Crippen LogP) is 4.21. The maximum absolute atomic E-state index is 11.6. The van der Waals surface area contributed by atoms with Gasteiger partial charge in [0.15, 0.2) is 0 Å². The summed E-state index contributed by atoms with van der Waals surface area (Å²) in [5.41, 5.74) is -1.29. The van der Waals surface area contributed by atoms with E-state index in [0.717, 1.165) is 0 Å². The van der Waals surface area contributed by atoms with Crippen molar-refractivity contribution in [3.8, 4) is 0 Å². The van der Waals surface area contributed by atoms with Gasteiger partial charge in [0.1, 0.15) is 11.6 Å². The molecule has 2 N–H and O–H groups in total. The van der Waals surface area contributed by atoms with Gasteiger partial charge >= 0.3 is 11.9 Å². The standard InChI is InChI=1S/2C10H18O3/c1-7(2)9(13)10(3,4)6-5-8(11)12;1-7(2)8(11)5-6-10(3,4)9(12)13/h7H,5-6H2,1-4H3,(H,11,12);7H,5-6H2,1-4H3,(H,12,13). The molecule has 0 unspecified atom stereocenters. The molecule has 0 saturated heterocycles. The monoisotopic (exact) mass is 372 g/mol. The number of carboxylic acids is 2. The van der Waals surface area contributed by atoms with Gasteiger partial charge in [-0.2, -0.15) is 0 Å². The maximum atomic E-state index is 11.6. The van der Waals surface area contributed by atoms with E-state index in [4.69, 9.17) is 10.2 Å². The van der Waals surface area contributed by atoms with Crippen LogP contribution in [0.2, 0.25) is 0 Å². The molecule has 26 heavy (non-hydrogen) atoms. The molecule has 0 rings (SSSR count). The average molecular weight is 373 g/mol. The van der Waals surface area contributed by atoms with Gasteiger partial charge in [0, 0.05) is 30.1 Å². The molecule has 0 heterocycles. The minimum atomic E-state index is -0.843. The zero-order valence-corrected chi connectivity index (χ0v) is 17.5. The molecule has 0 aliphatic rings. The van der Waals surface area contributed by atoms with Crippen molar-refractivity contribution in [3.05, 3.63) is 0 Å². The number of carboxylic acid groups (broad SMARTS) is 2. The molecular weight excluding hydrogens is 336 g/mol. The van der Waals surface area contributed by atoms with E-state index in [1.165, 1.54) is 0 Å². The van der Waals surface area contributed by atoms with Crippen molar-refractivity contribution in [2.45, 2.75) is 81.1 Å². The molecule has 0 bridgehead atoms. The fourth-order valence-electron chi connectivity index (χ4n) is 2.16. The van der Waals surface area contributed by atoms with Crippen LogP contribution in [-0.2, 0) is 19.2 Å². The van der Waals surface area contributed by atoms with Crippen LogP contribution in [0.3, 0.4) is 0 Å². The SMILES string of the molecule is CC(C)C(=O)C(C)(C)CCC(=O)O.CC(C)C(=O)CCC(C)(C)C(=O)O. The minimum absolute atomic E-state index is 0.00425. The Balaban J connectivity index is 0. The fraction of sp³-hybridized carbons (Fsp3) is 0.800. The van der Waals surface area contributed by atoms with Crippen LogP contribution < -0.4 is 0 Å². The molecule has 0 atom stereocenters. The van der Waals surface area contributed by atoms with E-state index in [1.54, 1.807) is 27.7 Å². The third kappa shape index (κ3) is 11.0. The van der Waals surface area contributed by atoms with Crippen molar-refractivity contribution in [2.24, 2.45) is 22.7 Å². The van der Waals surface area contributed by atoms with Gasteiger partial charge in [-0.1, -0.05) is 41.5 Å². The first kappa shape index (κ1) is 26.5. The van der Waals surface area contributed by atoms with Crippen LogP contribution in [0, 0.1) is 22.7 Å². The van der Waals surface area contributed by atoms with Gasteiger partial charge in [0.05, 0.1) is 5.41 Å². The van der Waals surface area contributed by atoms with Crippen molar-refractivity contribution < 1.29 is 29.4 Å². The van der Waals surface area contributed by atoms with E-state index < -0.39 is 22.8 Å². The Morgan fingerprint density at radius 2 is 1.15 bits per heavy atom. The van der Waals surface area contributed by atoms with Gasteiger partial charge in [-0.3, -0.25) is 19.2 Å². The highest BCUT2D eigenvalue weighted by Gasteiger charge is 2.29. The molecular formula is C20H36O6. The van der Waals surface area contributed by atoms with E-state index in [9.17, 15) is 19.2 Å².